The number of amides is 1. The van der Waals surface area contributed by atoms with Crippen LogP contribution < -0.4 is 10.5 Å². The maximum absolute atomic E-state index is 11.7. The lowest BCUT2D eigenvalue weighted by molar-refractivity contribution is 0.0995. The van der Waals surface area contributed by atoms with Crippen LogP contribution in [0.15, 0.2) is 41.1 Å². The predicted octanol–water partition coefficient (Wildman–Crippen LogP) is 2.39. The summed E-state index contributed by atoms with van der Waals surface area (Å²) < 4.78 is 11.1. The third kappa shape index (κ3) is 3.86. The summed E-state index contributed by atoms with van der Waals surface area (Å²) in [5.74, 6) is 0.308. The van der Waals surface area contributed by atoms with Gasteiger partial charge in [0.1, 0.15) is 18.1 Å². The Balaban J connectivity index is 1.89. The molecule has 0 aromatic carbocycles. The molecule has 8 nitrogen and oxygen atoms in total. The SMILES string of the molecule is Cc1onc(-c2ccccn2)c1COc1ccc(C(N)=O)c(C(C)(C)CO)n1. The van der Waals surface area contributed by atoms with E-state index in [1.807, 2.05) is 18.2 Å². The van der Waals surface area contributed by atoms with E-state index in [4.69, 9.17) is 15.0 Å². The van der Waals surface area contributed by atoms with Crippen molar-refractivity contribution in [1.82, 2.24) is 15.1 Å². The molecular weight excluding hydrogens is 360 g/mol. The van der Waals surface area contributed by atoms with Crippen LogP contribution in [0.5, 0.6) is 5.88 Å². The number of aliphatic hydroxyl groups excluding tert-OH is 1. The third-order valence-electron chi connectivity index (χ3n) is 4.43. The molecule has 0 aliphatic heterocycles. The molecule has 0 saturated carbocycles. The first-order valence-corrected chi connectivity index (χ1v) is 8.75. The minimum atomic E-state index is -0.754. The van der Waals surface area contributed by atoms with E-state index >= 15 is 0 Å². The Morgan fingerprint density at radius 2 is 2.07 bits per heavy atom. The average Bonchev–Trinajstić information content (AvgIpc) is 3.07. The number of rotatable bonds is 7. The van der Waals surface area contributed by atoms with Gasteiger partial charge >= 0.3 is 0 Å². The van der Waals surface area contributed by atoms with Crippen molar-refractivity contribution < 1.29 is 19.2 Å². The quantitative estimate of drug-likeness (QED) is 0.643. The molecule has 3 N–H and O–H groups in total. The van der Waals surface area contributed by atoms with Crippen LogP contribution in [0.1, 0.15) is 41.2 Å². The van der Waals surface area contributed by atoms with Crippen LogP contribution in [0.4, 0.5) is 0 Å². The summed E-state index contributed by atoms with van der Waals surface area (Å²) in [6.07, 6.45) is 1.68. The summed E-state index contributed by atoms with van der Waals surface area (Å²) in [5, 5.41) is 13.7. The second-order valence-corrected chi connectivity index (χ2v) is 7.02. The fourth-order valence-electron chi connectivity index (χ4n) is 2.72. The first-order valence-electron chi connectivity index (χ1n) is 8.75. The van der Waals surface area contributed by atoms with Crippen LogP contribution in [0, 0.1) is 6.92 Å². The van der Waals surface area contributed by atoms with Gasteiger partial charge in [-0.25, -0.2) is 4.98 Å². The van der Waals surface area contributed by atoms with Gasteiger partial charge < -0.3 is 20.1 Å². The molecule has 0 aliphatic carbocycles. The van der Waals surface area contributed by atoms with Crippen molar-refractivity contribution in [2.75, 3.05) is 6.61 Å². The smallest absolute Gasteiger partial charge is 0.250 e. The normalized spacial score (nSPS) is 11.4. The molecule has 1 amide bonds. The highest BCUT2D eigenvalue weighted by molar-refractivity contribution is 5.94. The molecule has 0 saturated heterocycles. The number of hydrogen-bond acceptors (Lipinski definition) is 7. The van der Waals surface area contributed by atoms with Gasteiger partial charge in [0.25, 0.3) is 5.91 Å². The zero-order valence-corrected chi connectivity index (χ0v) is 16.0. The highest BCUT2D eigenvalue weighted by atomic mass is 16.5. The number of primary amides is 1. The van der Waals surface area contributed by atoms with Crippen LogP contribution in [-0.4, -0.2) is 32.7 Å². The standard InChI is InChI=1S/C20H22N4O4/c1-12-14(17(24-28-12)15-6-4-5-9-22-15)10-27-16-8-7-13(19(21)26)18(23-16)20(2,3)11-25/h4-9,25H,10-11H2,1-3H3,(H2,21,26). The minimum absolute atomic E-state index is 0.156. The van der Waals surface area contributed by atoms with E-state index < -0.39 is 11.3 Å². The fraction of sp³-hybridized carbons (Fsp3) is 0.300. The lowest BCUT2D eigenvalue weighted by Gasteiger charge is -2.23. The highest BCUT2D eigenvalue weighted by Gasteiger charge is 2.27. The fourth-order valence-corrected chi connectivity index (χ4v) is 2.72. The maximum Gasteiger partial charge on any atom is 0.250 e. The largest absolute Gasteiger partial charge is 0.473 e. The predicted molar refractivity (Wildman–Crippen MR) is 102 cm³/mol. The van der Waals surface area contributed by atoms with Gasteiger partial charge in [0.2, 0.25) is 5.88 Å². The second-order valence-electron chi connectivity index (χ2n) is 7.02. The minimum Gasteiger partial charge on any atom is -0.473 e. The Kier molecular flexibility index (Phi) is 5.41. The van der Waals surface area contributed by atoms with E-state index in [0.29, 0.717) is 28.7 Å². The van der Waals surface area contributed by atoms with E-state index in [0.717, 1.165) is 5.56 Å². The van der Waals surface area contributed by atoms with Crippen molar-refractivity contribution in [3.8, 4) is 17.3 Å². The summed E-state index contributed by atoms with van der Waals surface area (Å²) in [6, 6.07) is 8.64. The summed E-state index contributed by atoms with van der Waals surface area (Å²) in [7, 11) is 0. The van der Waals surface area contributed by atoms with E-state index in [9.17, 15) is 9.90 Å². The molecule has 146 valence electrons. The van der Waals surface area contributed by atoms with Crippen LogP contribution >= 0.6 is 0 Å². The molecule has 3 heterocycles. The Labute approximate surface area is 162 Å². The lowest BCUT2D eigenvalue weighted by Crippen LogP contribution is -2.28. The van der Waals surface area contributed by atoms with Gasteiger partial charge in [-0.2, -0.15) is 0 Å². The second kappa shape index (κ2) is 7.77. The van der Waals surface area contributed by atoms with Crippen molar-refractivity contribution in [2.45, 2.75) is 32.8 Å². The van der Waals surface area contributed by atoms with Crippen LogP contribution in [0.3, 0.4) is 0 Å². The molecule has 0 atom stereocenters. The number of aromatic nitrogens is 3. The van der Waals surface area contributed by atoms with E-state index in [1.165, 1.54) is 0 Å². The number of nitrogens with two attached hydrogens (primary N) is 1. The third-order valence-corrected chi connectivity index (χ3v) is 4.43. The Morgan fingerprint density at radius 1 is 1.29 bits per heavy atom. The number of carbonyl (C=O) groups excluding carboxylic acids is 1. The number of carbonyl (C=O) groups is 1. The highest BCUT2D eigenvalue weighted by Crippen LogP contribution is 2.28. The van der Waals surface area contributed by atoms with E-state index in [1.54, 1.807) is 39.1 Å². The lowest BCUT2D eigenvalue weighted by atomic mass is 9.86. The van der Waals surface area contributed by atoms with Crippen LogP contribution in [0.25, 0.3) is 11.4 Å². The van der Waals surface area contributed by atoms with Crippen molar-refractivity contribution in [3.05, 3.63) is 59.1 Å². The zero-order chi connectivity index (χ0) is 20.3. The molecule has 0 aliphatic rings. The molecule has 0 fully saturated rings. The number of nitrogens with zero attached hydrogens (tertiary/aromatic N) is 3. The molecule has 3 aromatic heterocycles. The maximum atomic E-state index is 11.7. The summed E-state index contributed by atoms with van der Waals surface area (Å²) >= 11 is 0. The summed E-state index contributed by atoms with van der Waals surface area (Å²) in [6.45, 7) is 5.30. The number of aryl methyl sites for hydroxylation is 1. The summed E-state index contributed by atoms with van der Waals surface area (Å²) in [4.78, 5) is 20.4. The molecule has 8 heteroatoms. The van der Waals surface area contributed by atoms with Crippen molar-refractivity contribution in [1.29, 1.82) is 0 Å². The number of aliphatic hydroxyl groups is 1. The number of ether oxygens (including phenoxy) is 1. The van der Waals surface area contributed by atoms with E-state index in [-0.39, 0.29) is 18.8 Å². The number of pyridine rings is 2. The molecule has 0 bridgehead atoms. The average molecular weight is 382 g/mol. The number of hydrogen-bond donors (Lipinski definition) is 2. The van der Waals surface area contributed by atoms with Gasteiger partial charge in [-0.1, -0.05) is 25.1 Å². The molecule has 0 spiro atoms. The van der Waals surface area contributed by atoms with Crippen molar-refractivity contribution >= 4 is 5.91 Å². The molecule has 28 heavy (non-hydrogen) atoms. The molecule has 0 unspecified atom stereocenters. The van der Waals surface area contributed by atoms with Gasteiger partial charge in [0, 0.05) is 17.7 Å². The van der Waals surface area contributed by atoms with Gasteiger partial charge in [-0.15, -0.1) is 0 Å². The Morgan fingerprint density at radius 3 is 2.71 bits per heavy atom. The van der Waals surface area contributed by atoms with Crippen molar-refractivity contribution in [2.24, 2.45) is 5.73 Å². The Hall–Kier alpha value is -3.26. The van der Waals surface area contributed by atoms with Gasteiger partial charge in [0.15, 0.2) is 0 Å². The van der Waals surface area contributed by atoms with Gasteiger partial charge in [0.05, 0.1) is 29.1 Å². The van der Waals surface area contributed by atoms with Crippen LogP contribution in [0.2, 0.25) is 0 Å². The molecular formula is C20H22N4O4. The molecule has 0 radical (unpaired) electrons. The van der Waals surface area contributed by atoms with Crippen molar-refractivity contribution in [3.63, 3.8) is 0 Å². The zero-order valence-electron chi connectivity index (χ0n) is 16.0. The molecule has 3 aromatic rings. The monoisotopic (exact) mass is 382 g/mol. The van der Waals surface area contributed by atoms with Gasteiger partial charge in [-0.05, 0) is 25.1 Å². The van der Waals surface area contributed by atoms with Gasteiger partial charge in [-0.3, -0.25) is 9.78 Å². The molecule has 3 rings (SSSR count). The Bertz CT molecular complexity index is 983. The topological polar surface area (TPSA) is 124 Å². The van der Waals surface area contributed by atoms with E-state index in [2.05, 4.69) is 15.1 Å². The first kappa shape index (κ1) is 19.5. The summed E-state index contributed by atoms with van der Waals surface area (Å²) in [5.41, 5.74) is 7.35. The first-order chi connectivity index (χ1) is 13.3. The van der Waals surface area contributed by atoms with Crippen LogP contribution in [-0.2, 0) is 12.0 Å².